The highest BCUT2D eigenvalue weighted by Gasteiger charge is 1.98. The van der Waals surface area contributed by atoms with E-state index in [0.29, 0.717) is 5.92 Å². The van der Waals surface area contributed by atoms with E-state index in [0.717, 1.165) is 6.42 Å². The molecule has 0 heterocycles. The first-order valence-corrected chi connectivity index (χ1v) is 7.06. The van der Waals surface area contributed by atoms with E-state index in [2.05, 4.69) is 81.5 Å². The fraction of sp³-hybridized carbons (Fsp3) is 0.263. The molecule has 0 unspecified atom stereocenters. The van der Waals surface area contributed by atoms with Crippen LogP contribution in [-0.2, 0) is 6.42 Å². The molecule has 0 saturated heterocycles. The Hall–Kier alpha value is -1.82. The summed E-state index contributed by atoms with van der Waals surface area (Å²) in [6.07, 6.45) is 5.46. The van der Waals surface area contributed by atoms with Crippen LogP contribution in [0.25, 0.3) is 12.2 Å². The van der Waals surface area contributed by atoms with Crippen LogP contribution < -0.4 is 0 Å². The van der Waals surface area contributed by atoms with Crippen LogP contribution >= 0.6 is 0 Å². The Bertz CT molecular complexity index is 545. The van der Waals surface area contributed by atoms with Gasteiger partial charge in [-0.05, 0) is 34.6 Å². The number of rotatable bonds is 4. The Morgan fingerprint density at radius 1 is 0.895 bits per heavy atom. The van der Waals surface area contributed by atoms with Crippen molar-refractivity contribution in [3.8, 4) is 0 Å². The van der Waals surface area contributed by atoms with Crippen molar-refractivity contribution < 1.29 is 0 Å². The second-order valence-electron chi connectivity index (χ2n) is 5.25. The van der Waals surface area contributed by atoms with Crippen LogP contribution in [0.5, 0.6) is 0 Å². The van der Waals surface area contributed by atoms with Gasteiger partial charge < -0.3 is 0 Å². The van der Waals surface area contributed by atoms with Crippen LogP contribution in [0, 0.1) is 0 Å². The van der Waals surface area contributed by atoms with E-state index < -0.39 is 0 Å². The second-order valence-corrected chi connectivity index (χ2v) is 5.25. The average molecular weight is 250 g/mol. The van der Waals surface area contributed by atoms with Crippen molar-refractivity contribution in [2.24, 2.45) is 0 Å². The maximum Gasteiger partial charge on any atom is -0.0219 e. The lowest BCUT2D eigenvalue weighted by Crippen LogP contribution is -1.86. The maximum atomic E-state index is 2.27. The highest BCUT2D eigenvalue weighted by atomic mass is 14.0. The third-order valence-electron chi connectivity index (χ3n) is 3.43. The van der Waals surface area contributed by atoms with Gasteiger partial charge in [0.1, 0.15) is 0 Å². The molecule has 98 valence electrons. The van der Waals surface area contributed by atoms with Gasteiger partial charge in [0.05, 0.1) is 0 Å². The van der Waals surface area contributed by atoms with E-state index in [1.165, 1.54) is 22.3 Å². The van der Waals surface area contributed by atoms with Gasteiger partial charge in [0.2, 0.25) is 0 Å². The first-order chi connectivity index (χ1) is 9.19. The Morgan fingerprint density at radius 3 is 2.21 bits per heavy atom. The van der Waals surface area contributed by atoms with Gasteiger partial charge in [-0.2, -0.15) is 0 Å². The summed E-state index contributed by atoms with van der Waals surface area (Å²) >= 11 is 0. The van der Waals surface area contributed by atoms with Crippen molar-refractivity contribution in [2.45, 2.75) is 33.1 Å². The molecule has 0 amide bonds. The predicted octanol–water partition coefficient (Wildman–Crippen LogP) is 5.54. The first kappa shape index (κ1) is 13.6. The molecule has 0 aliphatic carbocycles. The third-order valence-corrected chi connectivity index (χ3v) is 3.43. The molecule has 0 fully saturated rings. The second kappa shape index (κ2) is 6.38. The molecule has 0 aliphatic rings. The molecule has 19 heavy (non-hydrogen) atoms. The molecule has 0 saturated carbocycles. The summed E-state index contributed by atoms with van der Waals surface area (Å²) in [5.74, 6) is 0.581. The van der Waals surface area contributed by atoms with E-state index >= 15 is 0 Å². The Balaban J connectivity index is 2.15. The van der Waals surface area contributed by atoms with E-state index in [-0.39, 0.29) is 0 Å². The van der Waals surface area contributed by atoms with Gasteiger partial charge in [0, 0.05) is 0 Å². The van der Waals surface area contributed by atoms with Gasteiger partial charge in [-0.25, -0.2) is 0 Å². The molecule has 2 aromatic rings. The number of aryl methyl sites for hydroxylation is 1. The van der Waals surface area contributed by atoms with Gasteiger partial charge in [-0.3, -0.25) is 0 Å². The van der Waals surface area contributed by atoms with E-state index in [4.69, 9.17) is 0 Å². The van der Waals surface area contributed by atoms with E-state index in [9.17, 15) is 0 Å². The summed E-state index contributed by atoms with van der Waals surface area (Å²) in [5.41, 5.74) is 5.31. The number of benzene rings is 2. The summed E-state index contributed by atoms with van der Waals surface area (Å²) in [5, 5.41) is 0. The summed E-state index contributed by atoms with van der Waals surface area (Å²) in [6.45, 7) is 6.64. The molecule has 0 nitrogen and oxygen atoms in total. The average Bonchev–Trinajstić information content (AvgIpc) is 2.46. The van der Waals surface area contributed by atoms with Crippen molar-refractivity contribution in [3.63, 3.8) is 0 Å². The van der Waals surface area contributed by atoms with Crippen molar-refractivity contribution >= 4 is 12.2 Å². The maximum absolute atomic E-state index is 2.27. The Morgan fingerprint density at radius 2 is 1.58 bits per heavy atom. The van der Waals surface area contributed by atoms with Crippen LogP contribution in [0.2, 0.25) is 0 Å². The molecule has 2 aromatic carbocycles. The largest absolute Gasteiger partial charge is 0.0614 e. The summed E-state index contributed by atoms with van der Waals surface area (Å²) in [4.78, 5) is 0. The van der Waals surface area contributed by atoms with Gasteiger partial charge >= 0.3 is 0 Å². The quantitative estimate of drug-likeness (QED) is 0.625. The van der Waals surface area contributed by atoms with Crippen molar-refractivity contribution in [2.75, 3.05) is 0 Å². The minimum Gasteiger partial charge on any atom is -0.0614 e. The zero-order valence-electron chi connectivity index (χ0n) is 12.1. The SMILES string of the molecule is CCc1ccc(/C=C/c2cccc(C(C)C)c2)cc1. The fourth-order valence-corrected chi connectivity index (χ4v) is 2.08. The Kier molecular flexibility index (Phi) is 4.57. The third kappa shape index (κ3) is 3.82. The molecule has 0 atom stereocenters. The standard InChI is InChI=1S/C19H22/c1-4-16-8-10-17(11-9-16)12-13-18-6-5-7-19(14-18)15(2)3/h5-15H,4H2,1-3H3/b13-12+. The lowest BCUT2D eigenvalue weighted by Gasteiger charge is -2.05. The lowest BCUT2D eigenvalue weighted by molar-refractivity contribution is 0.866. The van der Waals surface area contributed by atoms with Gasteiger partial charge in [0.25, 0.3) is 0 Å². The summed E-state index contributed by atoms with van der Waals surface area (Å²) in [6, 6.07) is 17.5. The van der Waals surface area contributed by atoms with Crippen LogP contribution in [0.4, 0.5) is 0 Å². The zero-order chi connectivity index (χ0) is 13.7. The van der Waals surface area contributed by atoms with Crippen molar-refractivity contribution in [1.29, 1.82) is 0 Å². The summed E-state index contributed by atoms with van der Waals surface area (Å²) < 4.78 is 0. The molecular formula is C19H22. The minimum atomic E-state index is 0.581. The topological polar surface area (TPSA) is 0 Å². The number of hydrogen-bond acceptors (Lipinski definition) is 0. The lowest BCUT2D eigenvalue weighted by atomic mass is 10.0. The van der Waals surface area contributed by atoms with Gasteiger partial charge in [-0.1, -0.05) is 81.5 Å². The molecule has 0 bridgehead atoms. The molecule has 0 aromatic heterocycles. The van der Waals surface area contributed by atoms with E-state index in [1.807, 2.05) is 0 Å². The highest BCUT2D eigenvalue weighted by Crippen LogP contribution is 2.17. The van der Waals surface area contributed by atoms with Crippen LogP contribution in [0.3, 0.4) is 0 Å². The molecule has 0 aliphatic heterocycles. The van der Waals surface area contributed by atoms with Gasteiger partial charge in [0.15, 0.2) is 0 Å². The monoisotopic (exact) mass is 250 g/mol. The van der Waals surface area contributed by atoms with Crippen LogP contribution in [-0.4, -0.2) is 0 Å². The molecule has 0 spiro atoms. The van der Waals surface area contributed by atoms with Gasteiger partial charge in [-0.15, -0.1) is 0 Å². The molecule has 0 heteroatoms. The molecule has 0 radical (unpaired) electrons. The molecule has 0 N–H and O–H groups in total. The van der Waals surface area contributed by atoms with Crippen LogP contribution in [0.15, 0.2) is 48.5 Å². The zero-order valence-corrected chi connectivity index (χ0v) is 12.1. The molecule has 2 rings (SSSR count). The number of hydrogen-bond donors (Lipinski definition) is 0. The smallest absolute Gasteiger partial charge is 0.0219 e. The molecular weight excluding hydrogens is 228 g/mol. The van der Waals surface area contributed by atoms with Crippen LogP contribution in [0.1, 0.15) is 48.9 Å². The highest BCUT2D eigenvalue weighted by molar-refractivity contribution is 5.69. The normalized spacial score (nSPS) is 11.4. The minimum absolute atomic E-state index is 0.581. The first-order valence-electron chi connectivity index (χ1n) is 7.06. The van der Waals surface area contributed by atoms with Crippen molar-refractivity contribution in [1.82, 2.24) is 0 Å². The fourth-order valence-electron chi connectivity index (χ4n) is 2.08. The van der Waals surface area contributed by atoms with Crippen molar-refractivity contribution in [3.05, 3.63) is 70.8 Å². The summed E-state index contributed by atoms with van der Waals surface area (Å²) in [7, 11) is 0. The Labute approximate surface area is 116 Å². The predicted molar refractivity (Wildman–Crippen MR) is 85.3 cm³/mol. The van der Waals surface area contributed by atoms with E-state index in [1.54, 1.807) is 0 Å².